The Morgan fingerprint density at radius 1 is 1.24 bits per heavy atom. The lowest BCUT2D eigenvalue weighted by Gasteiger charge is -2.12. The minimum absolute atomic E-state index is 0.0745. The van der Waals surface area contributed by atoms with E-state index in [1.54, 1.807) is 19.1 Å². The van der Waals surface area contributed by atoms with Crippen LogP contribution < -0.4 is 9.57 Å². The topological polar surface area (TPSA) is 79.7 Å². The second-order valence-corrected chi connectivity index (χ2v) is 4.42. The molecule has 0 spiro atoms. The Bertz CT molecular complexity index is 735. The number of nitrogens with zero attached hydrogens (tertiary/aromatic N) is 2. The van der Waals surface area contributed by atoms with E-state index in [9.17, 15) is 9.59 Å². The van der Waals surface area contributed by atoms with Gasteiger partial charge in [0.2, 0.25) is 0 Å². The number of carbonyl (C=O) groups excluding carboxylic acids is 2. The Kier molecular flexibility index (Phi) is 3.09. The molecule has 0 unspecified atom stereocenters. The molecule has 1 aromatic carbocycles. The molecule has 0 aliphatic carbocycles. The molecule has 1 aromatic heterocycles. The SMILES string of the molecule is COc1ccccc1-c1nc2c(C)n1OC(=O)C(=O)OC2. The minimum atomic E-state index is -1.09. The normalized spacial score (nSPS) is 14.0. The zero-order chi connectivity index (χ0) is 15.0. The third kappa shape index (κ3) is 2.12. The molecule has 2 bridgehead atoms. The van der Waals surface area contributed by atoms with Crippen LogP contribution in [0.2, 0.25) is 0 Å². The summed E-state index contributed by atoms with van der Waals surface area (Å²) in [5, 5.41) is 0. The molecule has 0 atom stereocenters. The number of para-hydroxylation sites is 1. The first-order valence-electron chi connectivity index (χ1n) is 6.23. The van der Waals surface area contributed by atoms with Gasteiger partial charge in [-0.2, -0.15) is 4.73 Å². The van der Waals surface area contributed by atoms with Crippen LogP contribution in [0.4, 0.5) is 0 Å². The molecule has 2 heterocycles. The van der Waals surface area contributed by atoms with Crippen LogP contribution in [0.15, 0.2) is 24.3 Å². The second kappa shape index (κ2) is 4.93. The van der Waals surface area contributed by atoms with E-state index in [2.05, 4.69) is 4.98 Å². The van der Waals surface area contributed by atoms with Crippen molar-refractivity contribution in [1.82, 2.24) is 9.71 Å². The van der Waals surface area contributed by atoms with Crippen LogP contribution >= 0.6 is 0 Å². The summed E-state index contributed by atoms with van der Waals surface area (Å²) in [6, 6.07) is 7.19. The third-order valence-corrected chi connectivity index (χ3v) is 3.18. The predicted octanol–water partition coefficient (Wildman–Crippen LogP) is 0.879. The number of hydrogen-bond donors (Lipinski definition) is 0. The fourth-order valence-electron chi connectivity index (χ4n) is 2.09. The van der Waals surface area contributed by atoms with Crippen LogP contribution in [0.1, 0.15) is 11.4 Å². The summed E-state index contributed by atoms with van der Waals surface area (Å²) in [5.41, 5.74) is 1.77. The van der Waals surface area contributed by atoms with Gasteiger partial charge in [0.15, 0.2) is 5.82 Å². The Morgan fingerprint density at radius 3 is 2.76 bits per heavy atom. The molecule has 1 aliphatic heterocycles. The highest BCUT2D eigenvalue weighted by molar-refractivity contribution is 6.29. The average molecular weight is 288 g/mol. The number of imidazole rings is 1. The molecule has 0 N–H and O–H groups in total. The van der Waals surface area contributed by atoms with Crippen molar-refractivity contribution in [3.8, 4) is 17.1 Å². The molecule has 108 valence electrons. The highest BCUT2D eigenvalue weighted by atomic mass is 16.7. The smallest absolute Gasteiger partial charge is 0.442 e. The summed E-state index contributed by atoms with van der Waals surface area (Å²) >= 11 is 0. The number of hydrogen-bond acceptors (Lipinski definition) is 6. The molecule has 7 nitrogen and oxygen atoms in total. The van der Waals surface area contributed by atoms with Gasteiger partial charge in [-0.15, -0.1) is 0 Å². The fourth-order valence-corrected chi connectivity index (χ4v) is 2.09. The van der Waals surface area contributed by atoms with Gasteiger partial charge in [0, 0.05) is 0 Å². The van der Waals surface area contributed by atoms with E-state index in [1.807, 2.05) is 12.1 Å². The van der Waals surface area contributed by atoms with Crippen molar-refractivity contribution in [2.45, 2.75) is 13.5 Å². The molecule has 1 aliphatic rings. The van der Waals surface area contributed by atoms with Gasteiger partial charge in [-0.05, 0) is 19.1 Å². The number of methoxy groups -OCH3 is 1. The van der Waals surface area contributed by atoms with Crippen molar-refractivity contribution >= 4 is 11.9 Å². The number of esters is 1. The lowest BCUT2D eigenvalue weighted by Crippen LogP contribution is -2.31. The standard InChI is InChI=1S/C14H12N2O5/c1-8-10-7-20-13(17)14(18)21-16(8)12(15-10)9-5-3-4-6-11(9)19-2/h3-6H,7H2,1-2H3. The highest BCUT2D eigenvalue weighted by Crippen LogP contribution is 2.30. The van der Waals surface area contributed by atoms with Crippen molar-refractivity contribution in [1.29, 1.82) is 0 Å². The van der Waals surface area contributed by atoms with Crippen LogP contribution in [-0.2, 0) is 20.9 Å². The maximum atomic E-state index is 11.6. The maximum absolute atomic E-state index is 11.6. The van der Waals surface area contributed by atoms with Gasteiger partial charge in [0.05, 0.1) is 18.4 Å². The van der Waals surface area contributed by atoms with Gasteiger partial charge in [0.1, 0.15) is 18.1 Å². The van der Waals surface area contributed by atoms with Gasteiger partial charge in [-0.3, -0.25) is 0 Å². The molecular weight excluding hydrogens is 276 g/mol. The molecule has 7 heteroatoms. The number of aromatic nitrogens is 2. The van der Waals surface area contributed by atoms with Crippen molar-refractivity contribution in [2.24, 2.45) is 0 Å². The minimum Gasteiger partial charge on any atom is -0.496 e. The molecule has 2 aromatic rings. The Labute approximate surface area is 120 Å². The summed E-state index contributed by atoms with van der Waals surface area (Å²) in [4.78, 5) is 32.4. The van der Waals surface area contributed by atoms with Crippen molar-refractivity contribution in [2.75, 3.05) is 7.11 Å². The van der Waals surface area contributed by atoms with E-state index < -0.39 is 11.9 Å². The van der Waals surface area contributed by atoms with E-state index in [4.69, 9.17) is 14.3 Å². The second-order valence-electron chi connectivity index (χ2n) is 4.42. The first-order valence-corrected chi connectivity index (χ1v) is 6.23. The molecule has 0 saturated heterocycles. The van der Waals surface area contributed by atoms with E-state index in [-0.39, 0.29) is 6.61 Å². The Hall–Kier alpha value is -2.83. The molecule has 3 rings (SSSR count). The number of cyclic esters (lactones) is 1. The summed E-state index contributed by atoms with van der Waals surface area (Å²) in [7, 11) is 1.54. The lowest BCUT2D eigenvalue weighted by atomic mass is 10.2. The first-order chi connectivity index (χ1) is 10.1. The van der Waals surface area contributed by atoms with Crippen LogP contribution in [0.5, 0.6) is 5.75 Å². The van der Waals surface area contributed by atoms with Crippen LogP contribution in [0.3, 0.4) is 0 Å². The van der Waals surface area contributed by atoms with Crippen molar-refractivity contribution in [3.05, 3.63) is 35.7 Å². The van der Waals surface area contributed by atoms with E-state index in [0.29, 0.717) is 28.5 Å². The Balaban J connectivity index is 2.18. The van der Waals surface area contributed by atoms with Gasteiger partial charge in [-0.25, -0.2) is 14.6 Å². The van der Waals surface area contributed by atoms with Crippen molar-refractivity contribution in [3.63, 3.8) is 0 Å². The fraction of sp³-hybridized carbons (Fsp3) is 0.214. The highest BCUT2D eigenvalue weighted by Gasteiger charge is 2.28. The number of fused-ring (bicyclic) bond motifs is 2. The quantitative estimate of drug-likeness (QED) is 0.603. The van der Waals surface area contributed by atoms with Crippen LogP contribution in [0.25, 0.3) is 11.4 Å². The summed E-state index contributed by atoms with van der Waals surface area (Å²) in [5.74, 6) is -1.16. The average Bonchev–Trinajstić information content (AvgIpc) is 2.83. The summed E-state index contributed by atoms with van der Waals surface area (Å²) < 4.78 is 11.3. The van der Waals surface area contributed by atoms with E-state index in [0.717, 1.165) is 0 Å². The van der Waals surface area contributed by atoms with E-state index in [1.165, 1.54) is 11.8 Å². The lowest BCUT2D eigenvalue weighted by molar-refractivity contribution is -0.169. The van der Waals surface area contributed by atoms with E-state index >= 15 is 0 Å². The molecule has 0 fully saturated rings. The monoisotopic (exact) mass is 288 g/mol. The molecular formula is C14H12N2O5. The third-order valence-electron chi connectivity index (χ3n) is 3.18. The summed E-state index contributed by atoms with van der Waals surface area (Å²) in [6.07, 6.45) is 0. The molecule has 0 radical (unpaired) electrons. The Morgan fingerprint density at radius 2 is 2.00 bits per heavy atom. The van der Waals surface area contributed by atoms with Gasteiger partial charge in [-0.1, -0.05) is 12.1 Å². The predicted molar refractivity (Wildman–Crippen MR) is 70.3 cm³/mol. The molecule has 0 amide bonds. The largest absolute Gasteiger partial charge is 0.496 e. The zero-order valence-electron chi connectivity index (χ0n) is 11.5. The van der Waals surface area contributed by atoms with Gasteiger partial charge in [0.25, 0.3) is 0 Å². The van der Waals surface area contributed by atoms with Gasteiger partial charge < -0.3 is 14.3 Å². The zero-order valence-corrected chi connectivity index (χ0v) is 11.5. The van der Waals surface area contributed by atoms with Gasteiger partial charge >= 0.3 is 11.9 Å². The number of carbonyl (C=O) groups is 2. The van der Waals surface area contributed by atoms with Crippen LogP contribution in [-0.4, -0.2) is 28.8 Å². The maximum Gasteiger partial charge on any atom is 0.442 e. The summed E-state index contributed by atoms with van der Waals surface area (Å²) in [6.45, 7) is 1.66. The number of benzene rings is 1. The molecule has 0 saturated carbocycles. The first kappa shape index (κ1) is 13.2. The molecule has 21 heavy (non-hydrogen) atoms. The van der Waals surface area contributed by atoms with Crippen LogP contribution in [0, 0.1) is 6.92 Å². The number of rotatable bonds is 2. The van der Waals surface area contributed by atoms with Crippen molar-refractivity contribution < 1.29 is 23.9 Å². The number of ether oxygens (including phenoxy) is 2.